The Balaban J connectivity index is 1.59. The van der Waals surface area contributed by atoms with E-state index in [-0.39, 0.29) is 17.7 Å². The number of amides is 3. The molecule has 224 valence electrons. The molecule has 0 radical (unpaired) electrons. The van der Waals surface area contributed by atoms with Crippen LogP contribution in [-0.2, 0) is 14.4 Å². The Morgan fingerprint density at radius 3 is 2.55 bits per heavy atom. The molecule has 1 aliphatic rings. The number of nitrogens with zero attached hydrogens (tertiary/aromatic N) is 4. The van der Waals surface area contributed by atoms with Gasteiger partial charge in [-0.2, -0.15) is 0 Å². The van der Waals surface area contributed by atoms with E-state index in [0.717, 1.165) is 0 Å². The molecule has 13 heteroatoms. The van der Waals surface area contributed by atoms with Crippen LogP contribution in [-0.4, -0.2) is 76.4 Å². The summed E-state index contributed by atoms with van der Waals surface area (Å²) in [6.45, 7) is 7.80. The number of halogens is 1. The Morgan fingerprint density at radius 1 is 1.14 bits per heavy atom. The van der Waals surface area contributed by atoms with Crippen molar-refractivity contribution in [3.63, 3.8) is 0 Å². The summed E-state index contributed by atoms with van der Waals surface area (Å²) in [6.07, 6.45) is 4.16. The van der Waals surface area contributed by atoms with Crippen molar-refractivity contribution >= 4 is 57.4 Å². The van der Waals surface area contributed by atoms with Gasteiger partial charge in [0.15, 0.2) is 0 Å². The number of fused-ring (bicyclic) bond motifs is 1. The summed E-state index contributed by atoms with van der Waals surface area (Å²) in [6, 6.07) is 4.88. The van der Waals surface area contributed by atoms with Crippen LogP contribution >= 0.6 is 11.6 Å². The van der Waals surface area contributed by atoms with Crippen molar-refractivity contribution in [2.45, 2.75) is 58.7 Å². The molecule has 1 unspecified atom stereocenters. The fourth-order valence-corrected chi connectivity index (χ4v) is 4.88. The van der Waals surface area contributed by atoms with E-state index in [0.29, 0.717) is 58.4 Å². The largest absolute Gasteiger partial charge is 0.494 e. The van der Waals surface area contributed by atoms with Crippen molar-refractivity contribution in [1.82, 2.24) is 30.5 Å². The number of anilines is 3. The molecule has 0 bridgehead atoms. The lowest BCUT2D eigenvalue weighted by molar-refractivity contribution is -0.143. The number of carbonyl (C=O) groups is 3. The van der Waals surface area contributed by atoms with Crippen LogP contribution in [0.1, 0.15) is 40.5 Å². The molecular formula is C29H37ClN8O4. The van der Waals surface area contributed by atoms with Gasteiger partial charge in [0, 0.05) is 18.0 Å². The molecule has 1 aliphatic heterocycles. The second-order valence-electron chi connectivity index (χ2n) is 11.3. The maximum Gasteiger partial charge on any atom is 0.247 e. The molecule has 3 amide bonds. The average Bonchev–Trinajstić information content (AvgIpc) is 3.46. The van der Waals surface area contributed by atoms with Crippen LogP contribution in [0.5, 0.6) is 5.75 Å². The first-order valence-electron chi connectivity index (χ1n) is 13.7. The quantitative estimate of drug-likeness (QED) is 0.272. The summed E-state index contributed by atoms with van der Waals surface area (Å²) in [5, 5.41) is 12.9. The molecule has 0 spiro atoms. The normalized spacial score (nSPS) is 16.5. The lowest BCUT2D eigenvalue weighted by Gasteiger charge is -2.36. The second-order valence-corrected chi connectivity index (χ2v) is 11.7. The monoisotopic (exact) mass is 596 g/mol. The Labute approximate surface area is 250 Å². The average molecular weight is 597 g/mol. The first-order chi connectivity index (χ1) is 19.9. The zero-order valence-corrected chi connectivity index (χ0v) is 25.4. The van der Waals surface area contributed by atoms with Crippen LogP contribution in [0.2, 0.25) is 5.15 Å². The van der Waals surface area contributed by atoms with Gasteiger partial charge in [0.25, 0.3) is 0 Å². The van der Waals surface area contributed by atoms with Gasteiger partial charge in [-0.15, -0.1) is 0 Å². The summed E-state index contributed by atoms with van der Waals surface area (Å²) in [4.78, 5) is 54.5. The highest BCUT2D eigenvalue weighted by atomic mass is 35.5. The number of likely N-dealkylation sites (tertiary alicyclic amines) is 1. The SMILES string of the molecule is CN[C@@H](C)C(=O)N[C@H](C(=O)N1CCCC1C(=O)Nc1cc2c(Nc3ccc(Cl)nc3)ncnc2cc1OC)C(C)(C)C. The van der Waals surface area contributed by atoms with E-state index in [9.17, 15) is 14.4 Å². The first kappa shape index (κ1) is 30.9. The van der Waals surface area contributed by atoms with Gasteiger partial charge in [0.2, 0.25) is 17.7 Å². The number of hydrogen-bond acceptors (Lipinski definition) is 9. The molecule has 42 heavy (non-hydrogen) atoms. The number of hydrogen-bond donors (Lipinski definition) is 4. The number of rotatable bonds is 9. The van der Waals surface area contributed by atoms with Crippen LogP contribution in [0.3, 0.4) is 0 Å². The van der Waals surface area contributed by atoms with Crippen molar-refractivity contribution in [2.24, 2.45) is 5.41 Å². The second kappa shape index (κ2) is 12.9. The predicted octanol–water partition coefficient (Wildman–Crippen LogP) is 3.50. The molecule has 0 aliphatic carbocycles. The van der Waals surface area contributed by atoms with E-state index in [4.69, 9.17) is 16.3 Å². The first-order valence-corrected chi connectivity index (χ1v) is 14.1. The highest BCUT2D eigenvalue weighted by molar-refractivity contribution is 6.29. The lowest BCUT2D eigenvalue weighted by atomic mass is 9.85. The maximum absolute atomic E-state index is 13.8. The molecule has 12 nitrogen and oxygen atoms in total. The molecule has 1 aromatic carbocycles. The van der Waals surface area contributed by atoms with Gasteiger partial charge in [-0.25, -0.2) is 15.0 Å². The number of aromatic nitrogens is 3. The Kier molecular flexibility index (Phi) is 9.47. The molecule has 0 saturated carbocycles. The highest BCUT2D eigenvalue weighted by Crippen LogP contribution is 2.34. The van der Waals surface area contributed by atoms with E-state index in [1.54, 1.807) is 49.3 Å². The molecule has 2 aromatic heterocycles. The van der Waals surface area contributed by atoms with Crippen LogP contribution in [0.25, 0.3) is 10.9 Å². The minimum absolute atomic E-state index is 0.284. The van der Waals surface area contributed by atoms with Crippen molar-refractivity contribution < 1.29 is 19.1 Å². The number of nitrogens with one attached hydrogen (secondary N) is 4. The topological polar surface area (TPSA) is 150 Å². The van der Waals surface area contributed by atoms with E-state index in [1.165, 1.54) is 13.4 Å². The van der Waals surface area contributed by atoms with Crippen LogP contribution in [0.4, 0.5) is 17.2 Å². The van der Waals surface area contributed by atoms with E-state index in [1.807, 2.05) is 20.8 Å². The van der Waals surface area contributed by atoms with Crippen LogP contribution < -0.4 is 26.0 Å². The summed E-state index contributed by atoms with van der Waals surface area (Å²) in [7, 11) is 3.19. The molecule has 3 atom stereocenters. The number of pyridine rings is 1. The zero-order valence-electron chi connectivity index (χ0n) is 24.6. The number of benzene rings is 1. The standard InChI is InChI=1S/C29H37ClN8O4/c1-16(31-5)26(39)37-24(29(2,3)4)28(41)38-11-7-8-21(38)27(40)36-20-12-18-19(13-22(20)42-6)33-15-34-25(18)35-17-9-10-23(30)32-14-17/h9-10,12-16,21,24,31H,7-8,11H2,1-6H3,(H,36,40)(H,37,39)(H,33,34,35)/t16-,21?,24+/m0/s1. The van der Waals surface area contributed by atoms with Crippen molar-refractivity contribution in [3.8, 4) is 5.75 Å². The predicted molar refractivity (Wildman–Crippen MR) is 162 cm³/mol. The van der Waals surface area contributed by atoms with Gasteiger partial charge in [0.05, 0.1) is 36.2 Å². The van der Waals surface area contributed by atoms with Crippen molar-refractivity contribution in [1.29, 1.82) is 0 Å². The van der Waals surface area contributed by atoms with Gasteiger partial charge in [-0.1, -0.05) is 32.4 Å². The summed E-state index contributed by atoms with van der Waals surface area (Å²) in [5.74, 6) is -0.0223. The number of methoxy groups -OCH3 is 1. The molecule has 1 saturated heterocycles. The third-order valence-corrected chi connectivity index (χ3v) is 7.49. The highest BCUT2D eigenvalue weighted by Gasteiger charge is 2.42. The van der Waals surface area contributed by atoms with E-state index >= 15 is 0 Å². The maximum atomic E-state index is 13.8. The van der Waals surface area contributed by atoms with Crippen molar-refractivity contribution in [2.75, 3.05) is 31.3 Å². The fourth-order valence-electron chi connectivity index (χ4n) is 4.77. The van der Waals surface area contributed by atoms with Gasteiger partial charge < -0.3 is 30.9 Å². The Bertz CT molecular complexity index is 1460. The summed E-state index contributed by atoms with van der Waals surface area (Å²) >= 11 is 5.91. The smallest absolute Gasteiger partial charge is 0.247 e. The molecule has 3 heterocycles. The van der Waals surface area contributed by atoms with Crippen LogP contribution in [0.15, 0.2) is 36.8 Å². The number of ether oxygens (including phenoxy) is 1. The van der Waals surface area contributed by atoms with Gasteiger partial charge >= 0.3 is 0 Å². The van der Waals surface area contributed by atoms with Gasteiger partial charge in [-0.05, 0) is 50.4 Å². The minimum atomic E-state index is -0.808. The fraction of sp³-hybridized carbons (Fsp3) is 0.448. The molecular weight excluding hydrogens is 560 g/mol. The molecule has 4 N–H and O–H groups in total. The Hall–Kier alpha value is -4.03. The Morgan fingerprint density at radius 2 is 1.90 bits per heavy atom. The molecule has 3 aromatic rings. The van der Waals surface area contributed by atoms with Gasteiger partial charge in [-0.3, -0.25) is 14.4 Å². The number of likely N-dealkylation sites (N-methyl/N-ethyl adjacent to an activating group) is 1. The molecule has 1 fully saturated rings. The summed E-state index contributed by atoms with van der Waals surface area (Å²) in [5.41, 5.74) is 1.10. The zero-order chi connectivity index (χ0) is 30.6. The lowest BCUT2D eigenvalue weighted by Crippen LogP contribution is -2.59. The van der Waals surface area contributed by atoms with Crippen molar-refractivity contribution in [3.05, 3.63) is 41.9 Å². The number of carbonyl (C=O) groups excluding carboxylic acids is 3. The third kappa shape index (κ3) is 6.88. The van der Waals surface area contributed by atoms with Crippen LogP contribution in [0, 0.1) is 5.41 Å². The van der Waals surface area contributed by atoms with Gasteiger partial charge in [0.1, 0.15) is 35.1 Å². The van der Waals surface area contributed by atoms with E-state index < -0.39 is 23.5 Å². The summed E-state index contributed by atoms with van der Waals surface area (Å²) < 4.78 is 5.57. The third-order valence-electron chi connectivity index (χ3n) is 7.27. The minimum Gasteiger partial charge on any atom is -0.494 e. The molecule has 4 rings (SSSR count). The van der Waals surface area contributed by atoms with E-state index in [2.05, 4.69) is 36.2 Å².